The third-order valence-electron chi connectivity index (χ3n) is 7.43. The molecule has 0 aliphatic carbocycles. The number of hydrogen-bond acceptors (Lipinski definition) is 17. The minimum atomic E-state index is -4.22. The number of nitrogen functional groups attached to an aromatic ring is 2. The lowest BCUT2D eigenvalue weighted by atomic mass is 10.1. The van der Waals surface area contributed by atoms with Crippen LogP contribution >= 0.6 is 13.4 Å². The number of fused-ring (bicyclic) bond motifs is 5. The number of aliphatic hydroxyl groups excluding tert-OH is 2. The van der Waals surface area contributed by atoms with Crippen LogP contribution in [0.2, 0.25) is 0 Å². The molecule has 0 radical (unpaired) electrons. The van der Waals surface area contributed by atoms with Crippen molar-refractivity contribution in [3.05, 3.63) is 35.3 Å². The highest BCUT2D eigenvalue weighted by Crippen LogP contribution is 2.54. The summed E-state index contributed by atoms with van der Waals surface area (Å²) in [5.74, 6) is -0.212. The molecule has 10 atom stereocenters. The number of nitrogens with two attached hydrogens (primary N) is 2. The molecule has 242 valence electrons. The molecule has 3 aliphatic heterocycles. The maximum absolute atomic E-state index is 12.3. The Labute approximate surface area is 261 Å². The van der Waals surface area contributed by atoms with E-state index in [1.165, 1.54) is 28.0 Å². The molecule has 45 heavy (non-hydrogen) atoms. The SMILES string of the molecule is Nc1nc2c(ncn2[C@@H]2O[C@@H]3COP(O)(=S)OC4[C@@H](COP(O)(=S)O[C@H]2C3O)O[C@@H](n2cnc3c(N)ccnc32)[C@H]4O)c(=O)[nH]1. The summed E-state index contributed by atoms with van der Waals surface area (Å²) in [4.78, 5) is 53.4. The second-order valence-corrected chi connectivity index (χ2v) is 15.9. The van der Waals surface area contributed by atoms with E-state index in [9.17, 15) is 24.8 Å². The third-order valence-corrected chi connectivity index (χ3v) is 10.5. The second-order valence-electron chi connectivity index (χ2n) is 10.3. The van der Waals surface area contributed by atoms with Gasteiger partial charge in [0.15, 0.2) is 29.3 Å². The van der Waals surface area contributed by atoms with E-state index in [-0.39, 0.29) is 17.1 Å². The third kappa shape index (κ3) is 5.59. The molecule has 2 bridgehead atoms. The summed E-state index contributed by atoms with van der Waals surface area (Å²) in [6.45, 7) is -9.45. The summed E-state index contributed by atoms with van der Waals surface area (Å²) in [6.07, 6.45) is -6.69. The molecule has 3 aliphatic rings. The number of H-pyrrole nitrogens is 1. The van der Waals surface area contributed by atoms with Crippen molar-refractivity contribution in [2.75, 3.05) is 24.7 Å². The van der Waals surface area contributed by atoms with Gasteiger partial charge in [0.05, 0.1) is 31.6 Å². The van der Waals surface area contributed by atoms with Gasteiger partial charge in [-0.2, -0.15) is 4.98 Å². The number of aliphatic hydroxyl groups is 2. The van der Waals surface area contributed by atoms with E-state index in [0.717, 1.165) is 0 Å². The van der Waals surface area contributed by atoms with Crippen molar-refractivity contribution in [2.45, 2.75) is 49.1 Å². The van der Waals surface area contributed by atoms with Gasteiger partial charge >= 0.3 is 13.4 Å². The number of ether oxygens (including phenoxy) is 2. The van der Waals surface area contributed by atoms with Crippen molar-refractivity contribution in [2.24, 2.45) is 0 Å². The van der Waals surface area contributed by atoms with Gasteiger partial charge in [0.2, 0.25) is 5.95 Å². The molecule has 4 aromatic heterocycles. The second kappa shape index (κ2) is 11.3. The van der Waals surface area contributed by atoms with E-state index in [0.29, 0.717) is 16.9 Å². The van der Waals surface area contributed by atoms with E-state index in [2.05, 4.69) is 24.9 Å². The van der Waals surface area contributed by atoms with Crippen molar-refractivity contribution in [3.8, 4) is 0 Å². The zero-order valence-corrected chi connectivity index (χ0v) is 26.0. The highest BCUT2D eigenvalue weighted by molar-refractivity contribution is 8.07. The Morgan fingerprint density at radius 3 is 2.22 bits per heavy atom. The lowest BCUT2D eigenvalue weighted by molar-refractivity contribution is -0.0606. The van der Waals surface area contributed by atoms with Gasteiger partial charge < -0.3 is 50.0 Å². The Bertz CT molecular complexity index is 1940. The van der Waals surface area contributed by atoms with Crippen molar-refractivity contribution >= 4 is 71.0 Å². The number of imidazole rings is 2. The molecule has 0 aromatic carbocycles. The lowest BCUT2D eigenvalue weighted by Crippen LogP contribution is -2.36. The summed E-state index contributed by atoms with van der Waals surface area (Å²) in [6, 6.07) is 1.56. The van der Waals surface area contributed by atoms with E-state index >= 15 is 0 Å². The smallest absolute Gasteiger partial charge is 0.325 e. The zero-order chi connectivity index (χ0) is 31.8. The van der Waals surface area contributed by atoms with E-state index in [1.807, 2.05) is 0 Å². The summed E-state index contributed by atoms with van der Waals surface area (Å²) in [5, 5.41) is 22.5. The van der Waals surface area contributed by atoms with Gasteiger partial charge in [-0.25, -0.2) is 15.0 Å². The fourth-order valence-electron chi connectivity index (χ4n) is 5.38. The number of pyridine rings is 1. The van der Waals surface area contributed by atoms with E-state index in [1.54, 1.807) is 6.07 Å². The molecular weight excluding hydrogens is 680 g/mol. The number of aromatic nitrogens is 7. The van der Waals surface area contributed by atoms with Crippen molar-refractivity contribution in [1.82, 2.24) is 34.1 Å². The van der Waals surface area contributed by atoms with Crippen LogP contribution in [-0.2, 0) is 51.2 Å². The molecule has 7 rings (SSSR count). The largest absolute Gasteiger partial charge is 0.397 e. The maximum Gasteiger partial charge on any atom is 0.325 e. The standard InChI is InChI=1S/C21H25N9O11P2S2/c22-7-1-2-24-16-10(7)25-5-29(16)19-13(32)14-9(39-19)4-37-43(35,45)41-15-12(31)8(3-36-42(34,44)40-14)38-20(15)30-6-26-11-17(30)27-21(23)28-18(11)33/h1-2,5-6,8-9,12-15,19-20,31-32H,3-4H2,(H2,22,24)(H,34,44)(H,35,45)(H3,23,27,28,33)/t8-,9-,12?,13+,14?,15+,19-,20-,42?,43?/m1/s1. The Morgan fingerprint density at radius 2 is 1.49 bits per heavy atom. The van der Waals surface area contributed by atoms with Crippen LogP contribution in [0.25, 0.3) is 22.3 Å². The molecule has 4 unspecified atom stereocenters. The van der Waals surface area contributed by atoms with Crippen LogP contribution in [-0.4, -0.2) is 104 Å². The fraction of sp³-hybridized carbons (Fsp3) is 0.476. The van der Waals surface area contributed by atoms with E-state index < -0.39 is 81.3 Å². The molecule has 0 saturated carbocycles. The molecule has 7 heterocycles. The van der Waals surface area contributed by atoms with Crippen LogP contribution in [0, 0.1) is 0 Å². The molecule has 4 aromatic rings. The van der Waals surface area contributed by atoms with Crippen LogP contribution < -0.4 is 17.0 Å². The number of anilines is 2. The number of hydrogen-bond donors (Lipinski definition) is 7. The van der Waals surface area contributed by atoms with Crippen LogP contribution in [0.4, 0.5) is 11.6 Å². The van der Waals surface area contributed by atoms with Gasteiger partial charge in [0, 0.05) is 6.20 Å². The summed E-state index contributed by atoms with van der Waals surface area (Å²) < 4.78 is 37.3. The van der Waals surface area contributed by atoms with Crippen LogP contribution in [0.3, 0.4) is 0 Å². The molecule has 9 N–H and O–H groups in total. The molecule has 3 saturated heterocycles. The summed E-state index contributed by atoms with van der Waals surface area (Å²) >= 11 is 10.5. The number of nitrogens with zero attached hydrogens (tertiary/aromatic N) is 6. The minimum absolute atomic E-state index is 0.0157. The van der Waals surface area contributed by atoms with Crippen molar-refractivity contribution in [3.63, 3.8) is 0 Å². The molecular formula is C21H25N9O11P2S2. The first kappa shape index (κ1) is 31.1. The van der Waals surface area contributed by atoms with Crippen LogP contribution in [0.1, 0.15) is 12.5 Å². The zero-order valence-electron chi connectivity index (χ0n) is 22.5. The van der Waals surface area contributed by atoms with Gasteiger partial charge in [-0.1, -0.05) is 0 Å². The average Bonchev–Trinajstić information content (AvgIpc) is 3.72. The van der Waals surface area contributed by atoms with E-state index in [4.69, 9.17) is 62.6 Å². The van der Waals surface area contributed by atoms with Gasteiger partial charge in [-0.15, -0.1) is 0 Å². The Kier molecular flexibility index (Phi) is 7.82. The molecule has 20 nitrogen and oxygen atoms in total. The lowest BCUT2D eigenvalue weighted by Gasteiger charge is -2.28. The Balaban J connectivity index is 1.21. The van der Waals surface area contributed by atoms with Gasteiger partial charge in [0.25, 0.3) is 5.56 Å². The van der Waals surface area contributed by atoms with Crippen LogP contribution in [0.5, 0.6) is 0 Å². The molecule has 0 spiro atoms. The van der Waals surface area contributed by atoms with Gasteiger partial charge in [0.1, 0.15) is 42.1 Å². The normalized spacial score (nSPS) is 37.7. The fourth-order valence-corrected chi connectivity index (χ4v) is 8.24. The highest BCUT2D eigenvalue weighted by atomic mass is 32.5. The highest BCUT2D eigenvalue weighted by Gasteiger charge is 2.52. The first-order valence-electron chi connectivity index (χ1n) is 13.1. The van der Waals surface area contributed by atoms with Gasteiger partial charge in [-0.3, -0.25) is 28.0 Å². The minimum Gasteiger partial charge on any atom is -0.397 e. The van der Waals surface area contributed by atoms with Crippen LogP contribution in [0.15, 0.2) is 29.7 Å². The molecule has 24 heteroatoms. The number of rotatable bonds is 2. The van der Waals surface area contributed by atoms with Crippen molar-refractivity contribution < 1.29 is 47.6 Å². The predicted octanol–water partition coefficient (Wildman–Crippen LogP) is -1.50. The first-order valence-corrected chi connectivity index (χ1v) is 18.3. The Hall–Kier alpha value is -2.53. The predicted molar refractivity (Wildman–Crippen MR) is 159 cm³/mol. The first-order chi connectivity index (χ1) is 21.3. The summed E-state index contributed by atoms with van der Waals surface area (Å²) in [5.41, 5.74) is 12.0. The maximum atomic E-state index is 12.3. The topological polar surface area (TPSA) is 283 Å². The molecule has 3 fully saturated rings. The number of nitrogens with one attached hydrogen (secondary N) is 1. The quantitative estimate of drug-likeness (QED) is 0.117. The average molecular weight is 706 g/mol. The Morgan fingerprint density at radius 1 is 0.867 bits per heavy atom. The molecule has 0 amide bonds. The monoisotopic (exact) mass is 705 g/mol. The number of aromatic amines is 1. The van der Waals surface area contributed by atoms with Gasteiger partial charge in [-0.05, 0) is 29.7 Å². The van der Waals surface area contributed by atoms with Crippen molar-refractivity contribution in [1.29, 1.82) is 0 Å². The summed E-state index contributed by atoms with van der Waals surface area (Å²) in [7, 11) is 0.